The minimum Gasteiger partial charge on any atom is -0.484 e. The summed E-state index contributed by atoms with van der Waals surface area (Å²) in [5.41, 5.74) is -0.456. The summed E-state index contributed by atoms with van der Waals surface area (Å²) in [6.07, 6.45) is 0. The van der Waals surface area contributed by atoms with Gasteiger partial charge in [0.05, 0.1) is 12.0 Å². The molecule has 9 heteroatoms. The second-order valence-electron chi connectivity index (χ2n) is 3.96. The number of ether oxygens (including phenoxy) is 2. The Morgan fingerprint density at radius 1 is 1.48 bits per heavy atom. The molecular weight excluding hydrogens is 287 g/mol. The van der Waals surface area contributed by atoms with Crippen molar-refractivity contribution in [3.05, 3.63) is 34.1 Å². The average Bonchev–Trinajstić information content (AvgIpc) is 2.41. The number of esters is 1. The van der Waals surface area contributed by atoms with Gasteiger partial charge in [-0.15, -0.1) is 0 Å². The largest absolute Gasteiger partial charge is 0.484 e. The van der Waals surface area contributed by atoms with E-state index in [1.54, 1.807) is 0 Å². The van der Waals surface area contributed by atoms with Crippen molar-refractivity contribution in [1.29, 1.82) is 0 Å². The minimum absolute atomic E-state index is 0.348. The molecule has 1 amide bonds. The molecule has 21 heavy (non-hydrogen) atoms. The smallest absolute Gasteiger partial charge is 0.331 e. The first-order chi connectivity index (χ1) is 9.85. The molecule has 0 aliphatic heterocycles. The first-order valence-corrected chi connectivity index (χ1v) is 5.76. The van der Waals surface area contributed by atoms with Gasteiger partial charge < -0.3 is 14.8 Å². The van der Waals surface area contributed by atoms with E-state index in [9.17, 15) is 24.1 Å². The summed E-state index contributed by atoms with van der Waals surface area (Å²) in [6, 6.07) is 1.52. The first kappa shape index (κ1) is 16.3. The quantitative estimate of drug-likeness (QED) is 0.473. The lowest BCUT2D eigenvalue weighted by Crippen LogP contribution is -2.44. The van der Waals surface area contributed by atoms with Gasteiger partial charge >= 0.3 is 11.7 Å². The van der Waals surface area contributed by atoms with E-state index in [4.69, 9.17) is 4.74 Å². The lowest BCUT2D eigenvalue weighted by molar-refractivity contribution is -0.385. The molecule has 0 heterocycles. The van der Waals surface area contributed by atoms with E-state index in [0.29, 0.717) is 0 Å². The fraction of sp³-hybridized carbons (Fsp3) is 0.333. The third kappa shape index (κ3) is 4.71. The molecule has 8 nitrogen and oxygen atoms in total. The number of nitrogens with one attached hydrogen (secondary N) is 1. The molecule has 0 aliphatic rings. The molecule has 0 radical (unpaired) electrons. The number of hydrogen-bond acceptors (Lipinski definition) is 6. The molecule has 1 unspecified atom stereocenters. The predicted molar refractivity (Wildman–Crippen MR) is 68.2 cm³/mol. The summed E-state index contributed by atoms with van der Waals surface area (Å²) < 4.78 is 22.6. The molecule has 0 saturated carbocycles. The highest BCUT2D eigenvalue weighted by Gasteiger charge is 2.23. The van der Waals surface area contributed by atoms with Gasteiger partial charge in [-0.2, -0.15) is 0 Å². The van der Waals surface area contributed by atoms with Crippen LogP contribution >= 0.6 is 0 Å². The van der Waals surface area contributed by atoms with Crippen LogP contribution < -0.4 is 10.1 Å². The Balaban J connectivity index is 2.89. The fourth-order valence-electron chi connectivity index (χ4n) is 1.48. The number of hydrogen-bond donors (Lipinski definition) is 1. The summed E-state index contributed by atoms with van der Waals surface area (Å²) in [4.78, 5) is 32.4. The number of nitrogens with zero attached hydrogens (tertiary/aromatic N) is 1. The highest BCUT2D eigenvalue weighted by molar-refractivity contribution is 5.83. The lowest BCUT2D eigenvalue weighted by atomic mass is 10.2. The summed E-state index contributed by atoms with van der Waals surface area (Å²) in [6.45, 7) is 0.747. The molecule has 1 rings (SSSR count). The molecule has 0 bridgehead atoms. The Hall–Kier alpha value is -2.71. The Labute approximate surface area is 119 Å². The Morgan fingerprint density at radius 3 is 2.67 bits per heavy atom. The normalized spacial score (nSPS) is 11.4. The van der Waals surface area contributed by atoms with Crippen molar-refractivity contribution in [2.75, 3.05) is 13.7 Å². The van der Waals surface area contributed by atoms with E-state index in [1.165, 1.54) is 6.92 Å². The monoisotopic (exact) mass is 300 g/mol. The van der Waals surface area contributed by atoms with Crippen LogP contribution in [0.25, 0.3) is 0 Å². The van der Waals surface area contributed by atoms with Crippen LogP contribution in [-0.2, 0) is 14.3 Å². The molecule has 114 valence electrons. The van der Waals surface area contributed by atoms with Crippen LogP contribution in [0.1, 0.15) is 6.92 Å². The maximum atomic E-state index is 13.1. The predicted octanol–water partition coefficient (Wildman–Crippen LogP) is 0.790. The van der Waals surface area contributed by atoms with E-state index in [-0.39, 0.29) is 5.75 Å². The van der Waals surface area contributed by atoms with Gasteiger partial charge in [-0.1, -0.05) is 0 Å². The maximum absolute atomic E-state index is 13.1. The maximum Gasteiger partial charge on any atom is 0.331 e. The van der Waals surface area contributed by atoms with Crippen molar-refractivity contribution < 1.29 is 28.4 Å². The molecule has 0 aliphatic carbocycles. The van der Waals surface area contributed by atoms with Gasteiger partial charge in [0.2, 0.25) is 5.91 Å². The second-order valence-corrected chi connectivity index (χ2v) is 3.96. The third-order valence-corrected chi connectivity index (χ3v) is 2.39. The van der Waals surface area contributed by atoms with Crippen LogP contribution in [0.5, 0.6) is 5.75 Å². The Kier molecular flexibility index (Phi) is 5.58. The van der Waals surface area contributed by atoms with Crippen molar-refractivity contribution in [1.82, 2.24) is 5.32 Å². The zero-order chi connectivity index (χ0) is 16.0. The molecule has 0 spiro atoms. The van der Waals surface area contributed by atoms with E-state index in [0.717, 1.165) is 25.3 Å². The number of halogens is 1. The van der Waals surface area contributed by atoms with Crippen molar-refractivity contribution in [3.63, 3.8) is 0 Å². The number of carbonyl (C=O) groups excluding carboxylic acids is 2. The molecular formula is C12H13FN2O6. The molecule has 1 N–H and O–H groups in total. The Bertz CT molecular complexity index is 563. The average molecular weight is 300 g/mol. The molecule has 1 aromatic carbocycles. The molecule has 0 saturated heterocycles. The van der Waals surface area contributed by atoms with Crippen molar-refractivity contribution in [2.24, 2.45) is 0 Å². The molecule has 1 aromatic rings. The summed E-state index contributed by atoms with van der Waals surface area (Å²) >= 11 is 0. The fourth-order valence-corrected chi connectivity index (χ4v) is 1.48. The van der Waals surface area contributed by atoms with E-state index < -0.39 is 41.0 Å². The van der Waals surface area contributed by atoms with E-state index >= 15 is 0 Å². The van der Waals surface area contributed by atoms with Crippen molar-refractivity contribution >= 4 is 17.6 Å². The topological polar surface area (TPSA) is 108 Å². The number of benzene rings is 1. The number of methoxy groups -OCH3 is 1. The summed E-state index contributed by atoms with van der Waals surface area (Å²) in [5.74, 6) is -2.38. The number of carbonyl (C=O) groups is 2. The highest BCUT2D eigenvalue weighted by Crippen LogP contribution is 2.27. The van der Waals surface area contributed by atoms with E-state index in [2.05, 4.69) is 10.1 Å². The number of amides is 1. The van der Waals surface area contributed by atoms with Crippen LogP contribution in [0, 0.1) is 15.9 Å². The van der Waals surface area contributed by atoms with Gasteiger partial charge in [0, 0.05) is 19.1 Å². The van der Waals surface area contributed by atoms with E-state index in [1.807, 2.05) is 0 Å². The number of nitro groups is 1. The third-order valence-electron chi connectivity index (χ3n) is 2.39. The number of rotatable bonds is 6. The standard InChI is InChI=1S/C12H13FN2O6/c1-7(16)14-9(12(17)20-2)6-21-11-5-8(13)3-4-10(11)15(18)19/h3-5,9H,6H2,1-2H3,(H,14,16). The van der Waals surface area contributed by atoms with Gasteiger partial charge in [0.1, 0.15) is 12.4 Å². The van der Waals surface area contributed by atoms with Crippen molar-refractivity contribution in [3.8, 4) is 5.75 Å². The molecule has 1 atom stereocenters. The molecule has 0 aromatic heterocycles. The highest BCUT2D eigenvalue weighted by atomic mass is 19.1. The van der Waals surface area contributed by atoms with Gasteiger partial charge in [0.25, 0.3) is 0 Å². The zero-order valence-corrected chi connectivity index (χ0v) is 11.3. The van der Waals surface area contributed by atoms with Crippen LogP contribution in [0.15, 0.2) is 18.2 Å². The van der Waals surface area contributed by atoms with Crippen LogP contribution in [0.4, 0.5) is 10.1 Å². The zero-order valence-electron chi connectivity index (χ0n) is 11.3. The Morgan fingerprint density at radius 2 is 2.14 bits per heavy atom. The van der Waals surface area contributed by atoms with Gasteiger partial charge in [-0.05, 0) is 6.07 Å². The number of nitro benzene ring substituents is 1. The van der Waals surface area contributed by atoms with Crippen LogP contribution in [-0.4, -0.2) is 36.6 Å². The van der Waals surface area contributed by atoms with Gasteiger partial charge in [-0.3, -0.25) is 14.9 Å². The molecule has 0 fully saturated rings. The van der Waals surface area contributed by atoms with Crippen LogP contribution in [0.3, 0.4) is 0 Å². The second kappa shape index (κ2) is 7.17. The van der Waals surface area contributed by atoms with Crippen molar-refractivity contribution in [2.45, 2.75) is 13.0 Å². The lowest BCUT2D eigenvalue weighted by Gasteiger charge is -2.16. The minimum atomic E-state index is -1.16. The summed E-state index contributed by atoms with van der Waals surface area (Å²) in [5, 5.41) is 13.0. The first-order valence-electron chi connectivity index (χ1n) is 5.76. The van der Waals surface area contributed by atoms with Gasteiger partial charge in [0.15, 0.2) is 11.8 Å². The SMILES string of the molecule is COC(=O)C(COc1cc(F)ccc1[N+](=O)[O-])NC(C)=O. The van der Waals surface area contributed by atoms with Gasteiger partial charge in [-0.25, -0.2) is 9.18 Å². The van der Waals surface area contributed by atoms with Crippen LogP contribution in [0.2, 0.25) is 0 Å². The summed E-state index contributed by atoms with van der Waals surface area (Å²) in [7, 11) is 1.11.